The Morgan fingerprint density at radius 3 is 2.74 bits per heavy atom. The normalized spacial score (nSPS) is 18.4. The number of hydrogen-bond donors (Lipinski definition) is 2. The number of piperidine rings is 1. The molecule has 2 rings (SSSR count). The van der Waals surface area contributed by atoms with Gasteiger partial charge in [0.25, 0.3) is 0 Å². The molecule has 2 N–H and O–H groups in total. The fourth-order valence-electron chi connectivity index (χ4n) is 2.56. The van der Waals surface area contributed by atoms with Crippen molar-refractivity contribution in [3.63, 3.8) is 0 Å². The zero-order valence-electron chi connectivity index (χ0n) is 12.1. The number of aliphatic hydroxyl groups is 1. The summed E-state index contributed by atoms with van der Waals surface area (Å²) in [4.78, 5) is 13.7. The van der Waals surface area contributed by atoms with E-state index in [-0.39, 0.29) is 25.3 Å². The standard InChI is InChI=1S/C14H16F3N3O2S/c15-14(16,17)12(22)9-1-4-20(5-2-9)8-11(21)19-13-10(7-18)3-6-23-13/h3,6,9,12,22H,1-2,4-5,8H2,(H,19,21). The van der Waals surface area contributed by atoms with E-state index in [1.54, 1.807) is 16.3 Å². The van der Waals surface area contributed by atoms with Crippen molar-refractivity contribution in [1.29, 1.82) is 5.26 Å². The van der Waals surface area contributed by atoms with Crippen LogP contribution < -0.4 is 5.32 Å². The molecule has 1 saturated heterocycles. The molecule has 1 aliphatic rings. The molecule has 1 amide bonds. The van der Waals surface area contributed by atoms with Crippen LogP contribution in [0.1, 0.15) is 18.4 Å². The molecule has 9 heteroatoms. The monoisotopic (exact) mass is 347 g/mol. The molecule has 126 valence electrons. The second-order valence-electron chi connectivity index (χ2n) is 5.42. The Kier molecular flexibility index (Phi) is 5.62. The molecule has 1 unspecified atom stereocenters. The minimum Gasteiger partial charge on any atom is -0.383 e. The van der Waals surface area contributed by atoms with Crippen molar-refractivity contribution in [2.45, 2.75) is 25.1 Å². The third-order valence-corrected chi connectivity index (χ3v) is 4.65. The highest BCUT2D eigenvalue weighted by molar-refractivity contribution is 7.14. The van der Waals surface area contributed by atoms with Crippen molar-refractivity contribution in [2.24, 2.45) is 5.92 Å². The van der Waals surface area contributed by atoms with Crippen LogP contribution in [0.3, 0.4) is 0 Å². The molecular weight excluding hydrogens is 331 g/mol. The van der Waals surface area contributed by atoms with Gasteiger partial charge in [-0.15, -0.1) is 11.3 Å². The van der Waals surface area contributed by atoms with Gasteiger partial charge in [0, 0.05) is 0 Å². The predicted molar refractivity (Wildman–Crippen MR) is 78.9 cm³/mol. The number of amides is 1. The zero-order chi connectivity index (χ0) is 17.0. The summed E-state index contributed by atoms with van der Waals surface area (Å²) < 4.78 is 37.4. The maximum Gasteiger partial charge on any atom is 0.414 e. The summed E-state index contributed by atoms with van der Waals surface area (Å²) in [6.45, 7) is 0.694. The smallest absolute Gasteiger partial charge is 0.383 e. The van der Waals surface area contributed by atoms with Gasteiger partial charge in [-0.2, -0.15) is 18.4 Å². The van der Waals surface area contributed by atoms with Crippen molar-refractivity contribution in [3.05, 3.63) is 17.0 Å². The summed E-state index contributed by atoms with van der Waals surface area (Å²) in [5.74, 6) is -1.13. The summed E-state index contributed by atoms with van der Waals surface area (Å²) in [6.07, 6.45) is -6.52. The highest BCUT2D eigenvalue weighted by Gasteiger charge is 2.44. The molecule has 0 saturated carbocycles. The zero-order valence-corrected chi connectivity index (χ0v) is 13.0. The molecule has 1 aliphatic heterocycles. The minimum absolute atomic E-state index is 0.0532. The quantitative estimate of drug-likeness (QED) is 0.875. The predicted octanol–water partition coefficient (Wildman–Crippen LogP) is 2.19. The van der Waals surface area contributed by atoms with E-state index in [0.29, 0.717) is 23.7 Å². The number of thiophene rings is 1. The number of likely N-dealkylation sites (tertiary alicyclic amines) is 1. The molecule has 1 fully saturated rings. The lowest BCUT2D eigenvalue weighted by Crippen LogP contribution is -2.45. The van der Waals surface area contributed by atoms with Crippen molar-refractivity contribution in [3.8, 4) is 6.07 Å². The topological polar surface area (TPSA) is 76.4 Å². The number of rotatable bonds is 4. The van der Waals surface area contributed by atoms with Gasteiger partial charge in [-0.25, -0.2) is 0 Å². The molecule has 0 aliphatic carbocycles. The maximum absolute atomic E-state index is 12.5. The van der Waals surface area contributed by atoms with Crippen LogP contribution >= 0.6 is 11.3 Å². The van der Waals surface area contributed by atoms with Crippen LogP contribution in [-0.2, 0) is 4.79 Å². The first-order valence-corrected chi connectivity index (χ1v) is 7.94. The van der Waals surface area contributed by atoms with Gasteiger partial charge in [0.15, 0.2) is 6.10 Å². The number of hydrogen-bond acceptors (Lipinski definition) is 5. The van der Waals surface area contributed by atoms with E-state index in [2.05, 4.69) is 5.32 Å². The van der Waals surface area contributed by atoms with E-state index in [4.69, 9.17) is 5.26 Å². The third kappa shape index (κ3) is 4.67. The Balaban J connectivity index is 1.80. The number of nitrogens with zero attached hydrogens (tertiary/aromatic N) is 2. The van der Waals surface area contributed by atoms with Gasteiger partial charge >= 0.3 is 6.18 Å². The second-order valence-corrected chi connectivity index (χ2v) is 6.34. The van der Waals surface area contributed by atoms with Gasteiger partial charge in [-0.1, -0.05) is 0 Å². The van der Waals surface area contributed by atoms with Crippen molar-refractivity contribution < 1.29 is 23.1 Å². The van der Waals surface area contributed by atoms with Crippen LogP contribution in [-0.4, -0.2) is 47.8 Å². The number of halogens is 3. The molecule has 1 aromatic heterocycles. The van der Waals surface area contributed by atoms with Gasteiger partial charge in [-0.05, 0) is 43.3 Å². The SMILES string of the molecule is N#Cc1ccsc1NC(=O)CN1CCC(C(O)C(F)(F)F)CC1. The first-order valence-electron chi connectivity index (χ1n) is 7.06. The largest absolute Gasteiger partial charge is 0.414 e. The van der Waals surface area contributed by atoms with Crippen LogP contribution in [0.5, 0.6) is 0 Å². The number of carbonyl (C=O) groups is 1. The molecule has 0 spiro atoms. The van der Waals surface area contributed by atoms with Gasteiger partial charge in [-0.3, -0.25) is 9.69 Å². The van der Waals surface area contributed by atoms with Crippen LogP contribution in [0.25, 0.3) is 0 Å². The molecule has 0 aromatic carbocycles. The lowest BCUT2D eigenvalue weighted by atomic mass is 9.91. The Morgan fingerprint density at radius 2 is 2.17 bits per heavy atom. The van der Waals surface area contributed by atoms with E-state index in [9.17, 15) is 23.1 Å². The minimum atomic E-state index is -4.60. The van der Waals surface area contributed by atoms with Gasteiger partial charge in [0.1, 0.15) is 11.1 Å². The van der Waals surface area contributed by atoms with Crippen molar-refractivity contribution in [1.82, 2.24) is 4.90 Å². The first-order chi connectivity index (χ1) is 10.8. The molecule has 1 atom stereocenters. The van der Waals surface area contributed by atoms with E-state index in [0.717, 1.165) is 0 Å². The van der Waals surface area contributed by atoms with Crippen LogP contribution in [0.4, 0.5) is 18.2 Å². The van der Waals surface area contributed by atoms with Gasteiger partial charge in [0.05, 0.1) is 12.1 Å². The van der Waals surface area contributed by atoms with Crippen LogP contribution in [0, 0.1) is 17.2 Å². The average molecular weight is 347 g/mol. The summed E-state index contributed by atoms with van der Waals surface area (Å²) in [5.41, 5.74) is 0.385. The number of carbonyl (C=O) groups excluding carboxylic acids is 1. The fraction of sp³-hybridized carbons (Fsp3) is 0.571. The first kappa shape index (κ1) is 17.7. The van der Waals surface area contributed by atoms with Crippen molar-refractivity contribution in [2.75, 3.05) is 25.0 Å². The van der Waals surface area contributed by atoms with Crippen molar-refractivity contribution >= 4 is 22.2 Å². The number of alkyl halides is 3. The van der Waals surface area contributed by atoms with Gasteiger partial charge < -0.3 is 10.4 Å². The maximum atomic E-state index is 12.5. The molecule has 1 aromatic rings. The highest BCUT2D eigenvalue weighted by Crippen LogP contribution is 2.31. The lowest BCUT2D eigenvalue weighted by Gasteiger charge is -2.34. The molecular formula is C14H16F3N3O2S. The molecule has 5 nitrogen and oxygen atoms in total. The summed E-state index contributed by atoms with van der Waals surface area (Å²) in [5, 5.41) is 22.9. The highest BCUT2D eigenvalue weighted by atomic mass is 32.1. The Labute approximate surface area is 135 Å². The Hall–Kier alpha value is -1.63. The van der Waals surface area contributed by atoms with E-state index in [1.807, 2.05) is 6.07 Å². The second kappa shape index (κ2) is 7.29. The number of aliphatic hydroxyl groups excluding tert-OH is 1. The summed E-state index contributed by atoms with van der Waals surface area (Å²) in [7, 11) is 0. The average Bonchev–Trinajstić information content (AvgIpc) is 2.93. The van der Waals surface area contributed by atoms with Crippen LogP contribution in [0.15, 0.2) is 11.4 Å². The molecule has 0 bridgehead atoms. The number of anilines is 1. The number of nitriles is 1. The van der Waals surface area contributed by atoms with Crippen LogP contribution in [0.2, 0.25) is 0 Å². The van der Waals surface area contributed by atoms with Gasteiger partial charge in [0.2, 0.25) is 5.91 Å². The third-order valence-electron chi connectivity index (χ3n) is 3.82. The molecule has 0 radical (unpaired) electrons. The summed E-state index contributed by atoms with van der Waals surface area (Å²) >= 11 is 1.24. The summed E-state index contributed by atoms with van der Waals surface area (Å²) in [6, 6.07) is 3.57. The van der Waals surface area contributed by atoms with E-state index in [1.165, 1.54) is 11.3 Å². The number of nitrogens with one attached hydrogen (secondary N) is 1. The van der Waals surface area contributed by atoms with E-state index < -0.39 is 18.2 Å². The Morgan fingerprint density at radius 1 is 1.52 bits per heavy atom. The molecule has 23 heavy (non-hydrogen) atoms. The van der Waals surface area contributed by atoms with E-state index >= 15 is 0 Å². The fourth-order valence-corrected chi connectivity index (χ4v) is 3.31. The Bertz CT molecular complexity index is 589. The molecule has 2 heterocycles. The lowest BCUT2D eigenvalue weighted by molar-refractivity contribution is -0.223.